The van der Waals surface area contributed by atoms with Gasteiger partial charge in [0.05, 0.1) is 0 Å². The molecule has 0 saturated carbocycles. The monoisotopic (exact) mass is 302 g/mol. The molecular weight excluding hydrogens is 287 g/mol. The number of halogens is 1. The second kappa shape index (κ2) is 6.18. The molecule has 0 bridgehead atoms. The third-order valence-electron chi connectivity index (χ3n) is 3.35. The maximum absolute atomic E-state index is 13.9. The fraction of sp³-hybridized carbons (Fsp3) is 0.188. The molecule has 1 aliphatic rings. The Hall–Kier alpha value is -2.01. The third-order valence-corrected chi connectivity index (χ3v) is 4.59. The molecule has 108 valence electrons. The number of hydrogen-bond acceptors (Lipinski definition) is 2. The van der Waals surface area contributed by atoms with Crippen LogP contribution in [0, 0.1) is 5.82 Å². The first kappa shape index (κ1) is 13.9. The zero-order valence-electron chi connectivity index (χ0n) is 11.3. The van der Waals surface area contributed by atoms with Crippen molar-refractivity contribution in [3.05, 3.63) is 66.0 Å². The van der Waals surface area contributed by atoms with Gasteiger partial charge in [-0.15, -0.1) is 11.8 Å². The molecule has 3 rings (SSSR count). The van der Waals surface area contributed by atoms with Crippen LogP contribution in [0.2, 0.25) is 0 Å². The SMILES string of the molecule is O=C(Nc1ccccc1)N1CCSC1c1ccccc1F. The van der Waals surface area contributed by atoms with Gasteiger partial charge in [0.1, 0.15) is 11.2 Å². The molecule has 1 heterocycles. The number of benzene rings is 2. The Bertz CT molecular complexity index is 635. The summed E-state index contributed by atoms with van der Waals surface area (Å²) in [7, 11) is 0. The molecule has 1 saturated heterocycles. The summed E-state index contributed by atoms with van der Waals surface area (Å²) in [4.78, 5) is 14.1. The number of rotatable bonds is 2. The highest BCUT2D eigenvalue weighted by molar-refractivity contribution is 7.99. The number of hydrogen-bond donors (Lipinski definition) is 1. The molecule has 1 aliphatic heterocycles. The van der Waals surface area contributed by atoms with E-state index >= 15 is 0 Å². The van der Waals surface area contributed by atoms with Gasteiger partial charge < -0.3 is 10.2 Å². The van der Waals surface area contributed by atoms with Gasteiger partial charge in [-0.1, -0.05) is 36.4 Å². The quantitative estimate of drug-likeness (QED) is 0.905. The Kier molecular flexibility index (Phi) is 4.10. The van der Waals surface area contributed by atoms with Crippen LogP contribution in [-0.4, -0.2) is 23.2 Å². The maximum Gasteiger partial charge on any atom is 0.323 e. The number of thioether (sulfide) groups is 1. The first-order valence-electron chi connectivity index (χ1n) is 6.74. The lowest BCUT2D eigenvalue weighted by Crippen LogP contribution is -2.34. The number of urea groups is 1. The molecule has 0 radical (unpaired) electrons. The molecule has 5 heteroatoms. The molecule has 2 aromatic carbocycles. The number of nitrogens with one attached hydrogen (secondary N) is 1. The van der Waals surface area contributed by atoms with Crippen LogP contribution in [0.5, 0.6) is 0 Å². The average molecular weight is 302 g/mol. The van der Waals surface area contributed by atoms with Crippen LogP contribution in [0.25, 0.3) is 0 Å². The molecule has 1 fully saturated rings. The lowest BCUT2D eigenvalue weighted by molar-refractivity contribution is 0.213. The minimum absolute atomic E-state index is 0.195. The highest BCUT2D eigenvalue weighted by Crippen LogP contribution is 2.39. The van der Waals surface area contributed by atoms with Crippen LogP contribution in [0.4, 0.5) is 14.9 Å². The topological polar surface area (TPSA) is 32.3 Å². The molecule has 1 unspecified atom stereocenters. The van der Waals surface area contributed by atoms with Crippen molar-refractivity contribution in [2.75, 3.05) is 17.6 Å². The minimum atomic E-state index is -0.269. The van der Waals surface area contributed by atoms with Gasteiger partial charge in [-0.05, 0) is 18.2 Å². The van der Waals surface area contributed by atoms with E-state index in [0.717, 1.165) is 11.4 Å². The summed E-state index contributed by atoms with van der Waals surface area (Å²) in [5, 5.41) is 2.59. The van der Waals surface area contributed by atoms with Gasteiger partial charge in [0.25, 0.3) is 0 Å². The van der Waals surface area contributed by atoms with Crippen molar-refractivity contribution in [3.8, 4) is 0 Å². The van der Waals surface area contributed by atoms with Crippen molar-refractivity contribution in [1.29, 1.82) is 0 Å². The summed E-state index contributed by atoms with van der Waals surface area (Å²) in [6, 6.07) is 15.7. The van der Waals surface area contributed by atoms with E-state index in [1.165, 1.54) is 6.07 Å². The number of carbonyl (C=O) groups is 1. The molecule has 3 nitrogen and oxygen atoms in total. The normalized spacial score (nSPS) is 17.8. The molecule has 0 aromatic heterocycles. The lowest BCUT2D eigenvalue weighted by atomic mass is 10.2. The summed E-state index contributed by atoms with van der Waals surface area (Å²) in [5.74, 6) is 0.538. The zero-order valence-corrected chi connectivity index (χ0v) is 12.1. The fourth-order valence-corrected chi connectivity index (χ4v) is 3.60. The summed E-state index contributed by atoms with van der Waals surface area (Å²) in [6.07, 6.45) is 0. The molecule has 1 atom stereocenters. The largest absolute Gasteiger partial charge is 0.323 e. The number of amides is 2. The van der Waals surface area contributed by atoms with Crippen LogP contribution in [0.15, 0.2) is 54.6 Å². The second-order valence-corrected chi connectivity index (χ2v) is 5.92. The Morgan fingerprint density at radius 2 is 1.86 bits per heavy atom. The molecule has 1 N–H and O–H groups in total. The van der Waals surface area contributed by atoms with E-state index in [-0.39, 0.29) is 17.2 Å². The van der Waals surface area contributed by atoms with Gasteiger partial charge in [-0.3, -0.25) is 0 Å². The average Bonchev–Trinajstić information content (AvgIpc) is 2.98. The fourth-order valence-electron chi connectivity index (χ4n) is 2.33. The predicted molar refractivity (Wildman–Crippen MR) is 83.8 cm³/mol. The summed E-state index contributed by atoms with van der Waals surface area (Å²) in [5.41, 5.74) is 1.30. The zero-order chi connectivity index (χ0) is 14.7. The highest BCUT2D eigenvalue weighted by Gasteiger charge is 2.32. The van der Waals surface area contributed by atoms with Crippen LogP contribution in [-0.2, 0) is 0 Å². The summed E-state index contributed by atoms with van der Waals surface area (Å²) < 4.78 is 13.9. The van der Waals surface area contributed by atoms with E-state index in [1.807, 2.05) is 30.3 Å². The molecule has 2 amide bonds. The summed E-state index contributed by atoms with van der Waals surface area (Å²) in [6.45, 7) is 0.613. The third kappa shape index (κ3) is 3.03. The Labute approximate surface area is 127 Å². The number of nitrogens with zero attached hydrogens (tertiary/aromatic N) is 1. The number of para-hydroxylation sites is 1. The van der Waals surface area contributed by atoms with E-state index in [4.69, 9.17) is 0 Å². The first-order valence-corrected chi connectivity index (χ1v) is 7.79. The Morgan fingerprint density at radius 1 is 1.14 bits per heavy atom. The van der Waals surface area contributed by atoms with Crippen LogP contribution in [0.3, 0.4) is 0 Å². The van der Waals surface area contributed by atoms with Crippen molar-refractivity contribution in [2.24, 2.45) is 0 Å². The number of carbonyl (C=O) groups excluding carboxylic acids is 1. The standard InChI is InChI=1S/C16H15FN2OS/c17-14-9-5-4-8-13(14)15-19(10-11-21-15)16(20)18-12-6-2-1-3-7-12/h1-9,15H,10-11H2,(H,18,20). The molecule has 21 heavy (non-hydrogen) atoms. The van der Waals surface area contributed by atoms with E-state index in [9.17, 15) is 9.18 Å². The van der Waals surface area contributed by atoms with Gasteiger partial charge in [0, 0.05) is 23.5 Å². The van der Waals surface area contributed by atoms with Gasteiger partial charge in [-0.25, -0.2) is 9.18 Å². The van der Waals surface area contributed by atoms with Crippen molar-refractivity contribution in [1.82, 2.24) is 4.90 Å². The van der Waals surface area contributed by atoms with Crippen molar-refractivity contribution < 1.29 is 9.18 Å². The molecule has 2 aromatic rings. The van der Waals surface area contributed by atoms with E-state index in [1.54, 1.807) is 34.9 Å². The van der Waals surface area contributed by atoms with Gasteiger partial charge >= 0.3 is 6.03 Å². The molecular formula is C16H15FN2OS. The smallest absolute Gasteiger partial charge is 0.308 e. The second-order valence-electron chi connectivity index (χ2n) is 4.73. The van der Waals surface area contributed by atoms with Crippen molar-refractivity contribution in [2.45, 2.75) is 5.37 Å². The maximum atomic E-state index is 13.9. The van der Waals surface area contributed by atoms with E-state index < -0.39 is 0 Å². The number of anilines is 1. The van der Waals surface area contributed by atoms with Crippen LogP contribution >= 0.6 is 11.8 Å². The van der Waals surface area contributed by atoms with E-state index in [0.29, 0.717) is 12.1 Å². The van der Waals surface area contributed by atoms with Crippen LogP contribution in [0.1, 0.15) is 10.9 Å². The Morgan fingerprint density at radius 3 is 2.62 bits per heavy atom. The van der Waals surface area contributed by atoms with Gasteiger partial charge in [0.15, 0.2) is 0 Å². The highest BCUT2D eigenvalue weighted by atomic mass is 32.2. The minimum Gasteiger partial charge on any atom is -0.308 e. The Balaban J connectivity index is 1.78. The van der Waals surface area contributed by atoms with Crippen LogP contribution < -0.4 is 5.32 Å². The van der Waals surface area contributed by atoms with E-state index in [2.05, 4.69) is 5.32 Å². The summed E-state index contributed by atoms with van der Waals surface area (Å²) >= 11 is 1.58. The first-order chi connectivity index (χ1) is 10.3. The molecule has 0 aliphatic carbocycles. The van der Waals surface area contributed by atoms with Gasteiger partial charge in [-0.2, -0.15) is 0 Å². The van der Waals surface area contributed by atoms with Crippen molar-refractivity contribution in [3.63, 3.8) is 0 Å². The molecule has 0 spiro atoms. The predicted octanol–water partition coefficient (Wildman–Crippen LogP) is 4.11. The van der Waals surface area contributed by atoms with Gasteiger partial charge in [0.2, 0.25) is 0 Å². The van der Waals surface area contributed by atoms with Crippen molar-refractivity contribution >= 4 is 23.5 Å². The lowest BCUT2D eigenvalue weighted by Gasteiger charge is -2.24.